The van der Waals surface area contributed by atoms with Gasteiger partial charge in [-0.2, -0.15) is 0 Å². The highest BCUT2D eigenvalue weighted by molar-refractivity contribution is 5.89. The molecular formula is C36H33NO2. The van der Waals surface area contributed by atoms with E-state index < -0.39 is 0 Å². The lowest BCUT2D eigenvalue weighted by Crippen LogP contribution is -1.99. The molecule has 0 heterocycles. The summed E-state index contributed by atoms with van der Waals surface area (Å²) in [5.74, 6) is 0.801. The van der Waals surface area contributed by atoms with Crippen LogP contribution in [-0.4, -0.2) is 4.92 Å². The van der Waals surface area contributed by atoms with Crippen LogP contribution in [0, 0.1) is 10.1 Å². The molecule has 0 saturated heterocycles. The molecule has 3 nitrogen and oxygen atoms in total. The number of nitro benzene ring substituents is 1. The van der Waals surface area contributed by atoms with Crippen LogP contribution in [0.2, 0.25) is 0 Å². The van der Waals surface area contributed by atoms with Crippen molar-refractivity contribution in [3.8, 4) is 22.3 Å². The van der Waals surface area contributed by atoms with Crippen LogP contribution in [0.4, 0.5) is 5.69 Å². The van der Waals surface area contributed by atoms with Crippen molar-refractivity contribution >= 4 is 5.69 Å². The highest BCUT2D eigenvalue weighted by Crippen LogP contribution is 2.39. The summed E-state index contributed by atoms with van der Waals surface area (Å²) >= 11 is 0. The normalized spacial score (nSPS) is 12.6. The Hall–Kier alpha value is -4.50. The van der Waals surface area contributed by atoms with Gasteiger partial charge in [0.1, 0.15) is 0 Å². The minimum atomic E-state index is -0.278. The molecule has 0 aliphatic heterocycles. The van der Waals surface area contributed by atoms with E-state index in [4.69, 9.17) is 0 Å². The Kier molecular flexibility index (Phi) is 7.98. The zero-order chi connectivity index (χ0) is 27.2. The second-order valence-corrected chi connectivity index (χ2v) is 10.4. The van der Waals surface area contributed by atoms with Crippen LogP contribution in [0.25, 0.3) is 22.3 Å². The van der Waals surface area contributed by atoms with Gasteiger partial charge in [-0.05, 0) is 63.6 Å². The second kappa shape index (κ2) is 11.9. The van der Waals surface area contributed by atoms with E-state index in [1.807, 2.05) is 30.3 Å². The van der Waals surface area contributed by atoms with Crippen molar-refractivity contribution in [1.29, 1.82) is 0 Å². The molecule has 0 aromatic heterocycles. The SMILES string of the molecule is CC(Cc1ccc(-c2cccc([N+](=O)[O-])c2-c2ccc(CC(C)c3ccccc3)cc2)cc1)c1ccccc1. The summed E-state index contributed by atoms with van der Waals surface area (Å²) in [7, 11) is 0. The molecule has 0 aliphatic rings. The Morgan fingerprint density at radius 2 is 1.03 bits per heavy atom. The zero-order valence-corrected chi connectivity index (χ0v) is 22.5. The predicted octanol–water partition coefficient (Wildman–Crippen LogP) is 9.62. The number of benzene rings is 5. The van der Waals surface area contributed by atoms with E-state index in [0.29, 0.717) is 17.4 Å². The molecule has 5 aromatic carbocycles. The van der Waals surface area contributed by atoms with Gasteiger partial charge in [0.05, 0.1) is 10.5 Å². The molecular weight excluding hydrogens is 478 g/mol. The predicted molar refractivity (Wildman–Crippen MR) is 161 cm³/mol. The standard InChI is InChI=1S/C36H33NO2/c1-26(30-10-5-3-6-11-30)24-28-16-20-32(21-17-28)34-14-9-15-35(37(38)39)36(34)33-22-18-29(19-23-33)25-27(2)31-12-7-4-8-13-31/h3-23,26-27H,24-25H2,1-2H3. The molecule has 2 unspecified atom stereocenters. The molecule has 5 aromatic rings. The fraction of sp³-hybridized carbons (Fsp3) is 0.167. The minimum absolute atomic E-state index is 0.125. The van der Waals surface area contributed by atoms with E-state index in [1.54, 1.807) is 12.1 Å². The molecule has 0 bridgehead atoms. The molecule has 0 spiro atoms. The van der Waals surface area contributed by atoms with Crippen LogP contribution >= 0.6 is 0 Å². The molecule has 0 fully saturated rings. The lowest BCUT2D eigenvalue weighted by atomic mass is 9.89. The average molecular weight is 512 g/mol. The Labute approximate surface area is 231 Å². The molecule has 0 aliphatic carbocycles. The first kappa shape index (κ1) is 26.1. The monoisotopic (exact) mass is 511 g/mol. The number of hydrogen-bond donors (Lipinski definition) is 0. The zero-order valence-electron chi connectivity index (χ0n) is 22.5. The van der Waals surface area contributed by atoms with Gasteiger partial charge >= 0.3 is 0 Å². The van der Waals surface area contributed by atoms with Crippen LogP contribution in [0.3, 0.4) is 0 Å². The van der Waals surface area contributed by atoms with Crippen LogP contribution in [0.5, 0.6) is 0 Å². The number of nitro groups is 1. The topological polar surface area (TPSA) is 43.1 Å². The molecule has 0 amide bonds. The van der Waals surface area contributed by atoms with Crippen LogP contribution in [-0.2, 0) is 12.8 Å². The van der Waals surface area contributed by atoms with Crippen LogP contribution < -0.4 is 0 Å². The maximum absolute atomic E-state index is 12.1. The third-order valence-electron chi connectivity index (χ3n) is 7.57. The van der Waals surface area contributed by atoms with Crippen LogP contribution in [0.1, 0.15) is 47.9 Å². The van der Waals surface area contributed by atoms with E-state index in [1.165, 1.54) is 22.3 Å². The summed E-state index contributed by atoms with van der Waals surface area (Å²) in [6, 6.07) is 43.1. The smallest absolute Gasteiger partial charge is 0.258 e. The Balaban J connectivity index is 1.41. The van der Waals surface area contributed by atoms with Gasteiger partial charge in [0.2, 0.25) is 0 Å². The summed E-state index contributed by atoms with van der Waals surface area (Å²) in [5, 5.41) is 12.1. The van der Waals surface area contributed by atoms with Gasteiger partial charge in [-0.3, -0.25) is 10.1 Å². The maximum atomic E-state index is 12.1. The van der Waals surface area contributed by atoms with Crippen molar-refractivity contribution in [3.63, 3.8) is 0 Å². The van der Waals surface area contributed by atoms with E-state index >= 15 is 0 Å². The van der Waals surface area contributed by atoms with Crippen molar-refractivity contribution in [2.24, 2.45) is 0 Å². The van der Waals surface area contributed by atoms with Gasteiger partial charge in [0, 0.05) is 6.07 Å². The Bertz CT molecular complexity index is 1530. The molecule has 0 saturated carbocycles. The minimum Gasteiger partial charge on any atom is -0.258 e. The van der Waals surface area contributed by atoms with Gasteiger partial charge in [0.25, 0.3) is 5.69 Å². The first-order chi connectivity index (χ1) is 19.0. The highest BCUT2D eigenvalue weighted by atomic mass is 16.6. The lowest BCUT2D eigenvalue weighted by Gasteiger charge is -2.15. The highest BCUT2D eigenvalue weighted by Gasteiger charge is 2.20. The van der Waals surface area contributed by atoms with Gasteiger partial charge in [-0.15, -0.1) is 0 Å². The van der Waals surface area contributed by atoms with Gasteiger partial charge in [0.15, 0.2) is 0 Å². The van der Waals surface area contributed by atoms with Gasteiger partial charge in [-0.25, -0.2) is 0 Å². The fourth-order valence-electron chi connectivity index (χ4n) is 5.37. The maximum Gasteiger partial charge on any atom is 0.277 e. The largest absolute Gasteiger partial charge is 0.277 e. The molecule has 0 radical (unpaired) electrons. The number of hydrogen-bond acceptors (Lipinski definition) is 2. The third-order valence-corrected chi connectivity index (χ3v) is 7.57. The van der Waals surface area contributed by atoms with Gasteiger partial charge < -0.3 is 0 Å². The van der Waals surface area contributed by atoms with Crippen molar-refractivity contribution in [3.05, 3.63) is 160 Å². The summed E-state index contributed by atoms with van der Waals surface area (Å²) in [6.45, 7) is 4.47. The molecule has 2 atom stereocenters. The van der Waals surface area contributed by atoms with Crippen LogP contribution in [0.15, 0.2) is 127 Å². The molecule has 3 heteroatoms. The van der Waals surface area contributed by atoms with E-state index in [0.717, 1.165) is 29.5 Å². The summed E-state index contributed by atoms with van der Waals surface area (Å²) in [5.41, 5.74) is 8.59. The Morgan fingerprint density at radius 3 is 1.49 bits per heavy atom. The second-order valence-electron chi connectivity index (χ2n) is 10.4. The average Bonchev–Trinajstić information content (AvgIpc) is 2.98. The number of rotatable bonds is 9. The molecule has 194 valence electrons. The summed E-state index contributed by atoms with van der Waals surface area (Å²) < 4.78 is 0. The van der Waals surface area contributed by atoms with Gasteiger partial charge in [-0.1, -0.05) is 135 Å². The number of nitrogens with zero attached hydrogens (tertiary/aromatic N) is 1. The summed E-state index contributed by atoms with van der Waals surface area (Å²) in [4.78, 5) is 11.8. The molecule has 5 rings (SSSR count). The first-order valence-electron chi connectivity index (χ1n) is 13.6. The molecule has 0 N–H and O–H groups in total. The Morgan fingerprint density at radius 1 is 0.564 bits per heavy atom. The lowest BCUT2D eigenvalue weighted by molar-refractivity contribution is -0.384. The van der Waals surface area contributed by atoms with E-state index in [2.05, 4.69) is 98.8 Å². The fourth-order valence-corrected chi connectivity index (χ4v) is 5.37. The van der Waals surface area contributed by atoms with Crippen molar-refractivity contribution < 1.29 is 4.92 Å². The van der Waals surface area contributed by atoms with Crippen molar-refractivity contribution in [1.82, 2.24) is 0 Å². The summed E-state index contributed by atoms with van der Waals surface area (Å²) in [6.07, 6.45) is 1.85. The quantitative estimate of drug-likeness (QED) is 0.146. The van der Waals surface area contributed by atoms with E-state index in [-0.39, 0.29) is 10.6 Å². The van der Waals surface area contributed by atoms with E-state index in [9.17, 15) is 10.1 Å². The van der Waals surface area contributed by atoms with Crippen molar-refractivity contribution in [2.75, 3.05) is 0 Å². The van der Waals surface area contributed by atoms with Crippen molar-refractivity contribution in [2.45, 2.75) is 38.5 Å². The molecule has 39 heavy (non-hydrogen) atoms. The third kappa shape index (κ3) is 6.15. The first-order valence-corrected chi connectivity index (χ1v) is 13.6.